The van der Waals surface area contributed by atoms with E-state index < -0.39 is 22.7 Å². The Bertz CT molecular complexity index is 2810. The molecule has 9 rings (SSSR count). The van der Waals surface area contributed by atoms with E-state index in [0.29, 0.717) is 24.5 Å². The summed E-state index contributed by atoms with van der Waals surface area (Å²) in [5.41, 5.74) is 4.35. The Morgan fingerprint density at radius 2 is 0.882 bits per heavy atom. The number of Topliss-reactive ketones (excluding diaryl/α,β-unsaturated/α-hetero) is 1. The molecule has 1 heterocycles. The molecule has 11 heteroatoms. The molecular weight excluding hydrogens is 981 g/mol. The van der Waals surface area contributed by atoms with Gasteiger partial charge in [0.2, 0.25) is 0 Å². The van der Waals surface area contributed by atoms with Gasteiger partial charge in [-0.1, -0.05) is 163 Å². The number of carbonyl (C=O) groups is 1. The Kier molecular flexibility index (Phi) is 21.8. The second kappa shape index (κ2) is 29.3. The van der Waals surface area contributed by atoms with Crippen molar-refractivity contribution in [3.63, 3.8) is 0 Å². The molecule has 8 aromatic carbocycles. The first-order valence-electron chi connectivity index (χ1n) is 26.2. The first-order valence-corrected chi connectivity index (χ1v) is 31.0. The van der Waals surface area contributed by atoms with Crippen LogP contribution in [0.1, 0.15) is 46.8 Å². The van der Waals surface area contributed by atoms with Crippen LogP contribution in [0.15, 0.2) is 218 Å². The molecule has 76 heavy (non-hydrogen) atoms. The normalized spacial score (nSPS) is 13.2. The van der Waals surface area contributed by atoms with Gasteiger partial charge in [0.05, 0.1) is 6.61 Å². The maximum atomic E-state index is 11.0. The van der Waals surface area contributed by atoms with Crippen molar-refractivity contribution < 1.29 is 42.8 Å². The predicted octanol–water partition coefficient (Wildman–Crippen LogP) is 10.6. The third-order valence-corrected chi connectivity index (χ3v) is 20.5. The highest BCUT2D eigenvalue weighted by atomic mass is 28.4. The number of ether oxygens (including phenoxy) is 4. The Hall–Kier alpha value is -7.10. The number of phenols is 1. The van der Waals surface area contributed by atoms with Gasteiger partial charge >= 0.3 is 0 Å². The van der Waals surface area contributed by atoms with Crippen LogP contribution in [-0.2, 0) is 26.4 Å². The molecule has 2 unspecified atom stereocenters. The van der Waals surface area contributed by atoms with E-state index in [1.807, 2.05) is 67.6 Å². The fourth-order valence-electron chi connectivity index (χ4n) is 8.42. The number of epoxide rings is 1. The van der Waals surface area contributed by atoms with Crippen LogP contribution in [0.2, 0.25) is 13.1 Å². The summed E-state index contributed by atoms with van der Waals surface area (Å²) in [6.07, 6.45) is 3.36. The van der Waals surface area contributed by atoms with Gasteiger partial charge in [-0.25, -0.2) is 0 Å². The minimum Gasteiger partial charge on any atom is -0.508 e. The van der Waals surface area contributed by atoms with Gasteiger partial charge in [0, 0.05) is 18.8 Å². The molecule has 394 valence electrons. The summed E-state index contributed by atoms with van der Waals surface area (Å²) in [5, 5.41) is 24.7. The van der Waals surface area contributed by atoms with E-state index in [1.54, 1.807) is 43.3 Å². The van der Waals surface area contributed by atoms with E-state index in [9.17, 15) is 15.0 Å². The number of aliphatic hydroxyl groups is 1. The van der Waals surface area contributed by atoms with Gasteiger partial charge in [-0.15, -0.1) is 0 Å². The van der Waals surface area contributed by atoms with Crippen LogP contribution in [0.4, 0.5) is 0 Å². The van der Waals surface area contributed by atoms with Crippen molar-refractivity contribution in [1.82, 2.24) is 0 Å². The lowest BCUT2D eigenvalue weighted by Gasteiger charge is -2.28. The highest BCUT2D eigenvalue weighted by Crippen LogP contribution is 2.19. The first kappa shape index (κ1) is 56.6. The number of benzene rings is 8. The van der Waals surface area contributed by atoms with Crippen LogP contribution < -0.4 is 35.0 Å². The van der Waals surface area contributed by atoms with Crippen molar-refractivity contribution in [3.05, 3.63) is 241 Å². The van der Waals surface area contributed by atoms with E-state index >= 15 is 0 Å². The summed E-state index contributed by atoms with van der Waals surface area (Å²) in [7, 11) is -4.44. The average molecular weight is 1050 g/mol. The van der Waals surface area contributed by atoms with Crippen molar-refractivity contribution >= 4 is 43.2 Å². The Morgan fingerprint density at radius 3 is 1.26 bits per heavy atom. The number of aromatic hydroxyl groups is 1. The van der Waals surface area contributed by atoms with E-state index in [2.05, 4.69) is 134 Å². The highest BCUT2D eigenvalue weighted by Gasteiger charge is 2.35. The summed E-state index contributed by atoms with van der Waals surface area (Å²) in [4.78, 5) is 11.0. The molecule has 0 aliphatic carbocycles. The monoisotopic (exact) mass is 1050 g/mol. The molecule has 0 radical (unpaired) electrons. The Morgan fingerprint density at radius 1 is 0.526 bits per heavy atom. The lowest BCUT2D eigenvalue weighted by atomic mass is 10.1. The quantitative estimate of drug-likeness (QED) is 0.0264. The Labute approximate surface area is 451 Å². The number of hydrogen-bond donors (Lipinski definition) is 2. The fourth-order valence-corrected chi connectivity index (χ4v) is 14.2. The molecule has 0 saturated carbocycles. The van der Waals surface area contributed by atoms with Gasteiger partial charge < -0.3 is 38.0 Å². The SMILES string of the molecule is CC(=O)c1ccc(OCC2CO2)cc1.C[Si](OCCCc1ccc(O)cc1)(c1ccccc1)c1ccccc1.Cc1ccc(OCC(O)COc2ccc(CCCO[Si](C)(c3ccccc3)c3ccccc3)cc2)cc1. The third kappa shape index (κ3) is 18.0. The van der Waals surface area contributed by atoms with Gasteiger partial charge in [-0.2, -0.15) is 0 Å². The van der Waals surface area contributed by atoms with Crippen molar-refractivity contribution in [3.8, 4) is 23.0 Å². The maximum Gasteiger partial charge on any atom is 0.252 e. The van der Waals surface area contributed by atoms with Gasteiger partial charge in [0.1, 0.15) is 55.0 Å². The third-order valence-electron chi connectivity index (χ3n) is 13.2. The predicted molar refractivity (Wildman–Crippen MR) is 310 cm³/mol. The summed E-state index contributed by atoms with van der Waals surface area (Å²) in [5.74, 6) is 2.65. The highest BCUT2D eigenvalue weighted by molar-refractivity contribution is 6.97. The van der Waals surface area contributed by atoms with Crippen LogP contribution in [0.5, 0.6) is 23.0 Å². The van der Waals surface area contributed by atoms with Crippen molar-refractivity contribution in [2.24, 2.45) is 0 Å². The maximum absolute atomic E-state index is 11.0. The summed E-state index contributed by atoms with van der Waals surface area (Å²) < 4.78 is 35.0. The van der Waals surface area contributed by atoms with Crippen LogP contribution in [0.25, 0.3) is 0 Å². The first-order chi connectivity index (χ1) is 37.0. The minimum atomic E-state index is -2.26. The lowest BCUT2D eigenvalue weighted by molar-refractivity contribution is 0.0626. The lowest BCUT2D eigenvalue weighted by Crippen LogP contribution is -2.58. The van der Waals surface area contributed by atoms with Crippen LogP contribution in [0.3, 0.4) is 0 Å². The average Bonchev–Trinajstić information content (AvgIpc) is 4.31. The smallest absolute Gasteiger partial charge is 0.252 e. The molecule has 1 aliphatic rings. The second-order valence-electron chi connectivity index (χ2n) is 19.2. The van der Waals surface area contributed by atoms with Gasteiger partial charge in [0.25, 0.3) is 16.6 Å². The number of rotatable bonds is 24. The van der Waals surface area contributed by atoms with Gasteiger partial charge in [-0.05, 0) is 145 Å². The van der Waals surface area contributed by atoms with Crippen molar-refractivity contribution in [1.29, 1.82) is 0 Å². The number of aryl methyl sites for hydroxylation is 3. The molecule has 1 fully saturated rings. The molecule has 0 aromatic heterocycles. The van der Waals surface area contributed by atoms with E-state index in [4.69, 9.17) is 27.8 Å². The molecule has 0 amide bonds. The number of aliphatic hydroxyl groups excluding tert-OH is 1. The number of ketones is 1. The number of phenolic OH excluding ortho intramolecular Hbond substituents is 1. The molecule has 2 atom stereocenters. The zero-order valence-electron chi connectivity index (χ0n) is 44.3. The van der Waals surface area contributed by atoms with Gasteiger partial charge in [0.15, 0.2) is 5.78 Å². The van der Waals surface area contributed by atoms with Crippen LogP contribution in [0, 0.1) is 6.92 Å². The summed E-state index contributed by atoms with van der Waals surface area (Å²) in [6.45, 7) is 11.3. The second-order valence-corrected chi connectivity index (χ2v) is 26.2. The fraction of sp³-hybridized carbons (Fsp3) is 0.246. The summed E-state index contributed by atoms with van der Waals surface area (Å²) in [6, 6.07) is 72.8. The van der Waals surface area contributed by atoms with Crippen molar-refractivity contribution in [2.75, 3.05) is 39.6 Å². The molecule has 1 saturated heterocycles. The van der Waals surface area contributed by atoms with Crippen LogP contribution in [-0.4, -0.2) is 84.5 Å². The van der Waals surface area contributed by atoms with E-state index in [1.165, 1.54) is 37.4 Å². The topological polar surface area (TPSA) is 116 Å². The number of carbonyl (C=O) groups excluding carboxylic acids is 1. The van der Waals surface area contributed by atoms with Gasteiger partial charge in [-0.3, -0.25) is 4.79 Å². The van der Waals surface area contributed by atoms with Crippen molar-refractivity contribution in [2.45, 2.75) is 64.8 Å². The molecule has 0 bridgehead atoms. The minimum absolute atomic E-state index is 0.0714. The Balaban J connectivity index is 0.000000184. The standard InChI is InChI=1S/C32H36O4Si.C22H24O2Si.C11H12O3/c1-26-15-19-29(20-16-26)34-24-28(33)25-35-30-21-17-27(18-22-30)10-9-23-36-37(2,31-11-5-3-6-12-31)32-13-7-4-8-14-32;1-25(21-10-4-2-5-11-21,22-12-6-3-7-13-22)24-18-8-9-19-14-16-20(23)17-15-19;1-8(12)9-2-4-10(5-3-9)13-6-11-7-14-11/h3-8,11-22,28,33H,9-10,23-25H2,1-2H3;2-7,10-17,23H,8-9,18H2,1H3;2-5,11H,6-7H2,1H3. The zero-order chi connectivity index (χ0) is 53.4. The van der Waals surface area contributed by atoms with E-state index in [0.717, 1.165) is 56.1 Å². The molecule has 8 aromatic rings. The van der Waals surface area contributed by atoms with E-state index in [-0.39, 0.29) is 25.1 Å². The molecule has 2 N–H and O–H groups in total. The largest absolute Gasteiger partial charge is 0.508 e. The molecule has 0 spiro atoms. The molecule has 9 nitrogen and oxygen atoms in total. The zero-order valence-corrected chi connectivity index (χ0v) is 46.3. The number of hydrogen-bond acceptors (Lipinski definition) is 9. The summed E-state index contributed by atoms with van der Waals surface area (Å²) >= 11 is 0. The molecular formula is C65H72O9Si2. The van der Waals surface area contributed by atoms with Crippen LogP contribution >= 0.6 is 0 Å². The molecule has 1 aliphatic heterocycles.